The lowest BCUT2D eigenvalue weighted by Gasteiger charge is -2.37. The Bertz CT molecular complexity index is 1560. The molecule has 0 radical (unpaired) electrons. The van der Waals surface area contributed by atoms with Crippen molar-refractivity contribution in [1.29, 1.82) is 5.26 Å². The first kappa shape index (κ1) is 27.6. The topological polar surface area (TPSA) is 125 Å². The van der Waals surface area contributed by atoms with Gasteiger partial charge in [-0.25, -0.2) is 14.8 Å². The van der Waals surface area contributed by atoms with Crippen LogP contribution in [0.25, 0.3) is 22.5 Å². The number of hydrogen-bond donors (Lipinski definition) is 1. The van der Waals surface area contributed by atoms with Crippen LogP contribution in [0.1, 0.15) is 33.3 Å². The molecule has 0 saturated carbocycles. The molecule has 5 rings (SSSR count). The maximum Gasteiger partial charge on any atom is 0.410 e. The van der Waals surface area contributed by atoms with E-state index >= 15 is 0 Å². The first-order valence-electron chi connectivity index (χ1n) is 13.6. The van der Waals surface area contributed by atoms with Crippen LogP contribution < -0.4 is 10.2 Å². The summed E-state index contributed by atoms with van der Waals surface area (Å²) in [6.07, 6.45) is 6.88. The molecular weight excluding hydrogens is 518 g/mol. The van der Waals surface area contributed by atoms with E-state index in [9.17, 15) is 10.1 Å². The lowest BCUT2D eigenvalue weighted by Crippen LogP contribution is -2.50. The Kier molecular flexibility index (Phi) is 7.83. The number of nitriles is 1. The molecule has 1 amide bonds. The fraction of sp³-hybridized carbons (Fsp3) is 0.333. The van der Waals surface area contributed by atoms with Crippen LogP contribution in [-0.4, -0.2) is 67.5 Å². The fourth-order valence-electron chi connectivity index (χ4n) is 4.62. The van der Waals surface area contributed by atoms with Crippen LogP contribution in [0.5, 0.6) is 0 Å². The molecule has 1 aliphatic rings. The maximum atomic E-state index is 12.4. The van der Waals surface area contributed by atoms with Crippen molar-refractivity contribution in [3.05, 3.63) is 66.7 Å². The molecule has 1 N–H and O–H groups in total. The standard InChI is InChI=1S/C30H33N9O2/c1-5-39-20-24(27(36-39)21-7-6-11-32-19-21)25-10-12-33-28(35-25)34-23-8-9-26(22(17-23)18-31)37-13-15-38(16-14-37)29(40)41-30(2,3)4/h6-12,17,19-20H,5,13-16H2,1-4H3,(H,33,34,35). The molecule has 0 aliphatic carbocycles. The molecule has 11 nitrogen and oxygen atoms in total. The lowest BCUT2D eigenvalue weighted by molar-refractivity contribution is 0.0240. The molecule has 0 atom stereocenters. The van der Waals surface area contributed by atoms with Crippen molar-refractivity contribution in [2.45, 2.75) is 39.8 Å². The zero-order valence-corrected chi connectivity index (χ0v) is 23.7. The molecule has 1 aromatic carbocycles. The molecule has 3 aromatic heterocycles. The van der Waals surface area contributed by atoms with Gasteiger partial charge in [0, 0.05) is 74.3 Å². The number of aromatic nitrogens is 5. The zero-order valence-electron chi connectivity index (χ0n) is 23.7. The van der Waals surface area contributed by atoms with Gasteiger partial charge in [-0.15, -0.1) is 0 Å². The number of piperazine rings is 1. The van der Waals surface area contributed by atoms with E-state index in [1.165, 1.54) is 0 Å². The third-order valence-electron chi connectivity index (χ3n) is 6.60. The van der Waals surface area contributed by atoms with Gasteiger partial charge in [-0.3, -0.25) is 9.67 Å². The number of ether oxygens (including phenoxy) is 1. The Morgan fingerprint density at radius 3 is 2.61 bits per heavy atom. The minimum Gasteiger partial charge on any atom is -0.444 e. The first-order chi connectivity index (χ1) is 19.7. The summed E-state index contributed by atoms with van der Waals surface area (Å²) in [6, 6.07) is 13.6. The van der Waals surface area contributed by atoms with Gasteiger partial charge in [0.2, 0.25) is 5.95 Å². The molecule has 1 saturated heterocycles. The van der Waals surface area contributed by atoms with Gasteiger partial charge in [-0.05, 0) is 64.1 Å². The second-order valence-corrected chi connectivity index (χ2v) is 10.7. The van der Waals surface area contributed by atoms with Gasteiger partial charge in [0.05, 0.1) is 16.9 Å². The van der Waals surface area contributed by atoms with E-state index in [-0.39, 0.29) is 6.09 Å². The van der Waals surface area contributed by atoms with Crippen LogP contribution in [-0.2, 0) is 11.3 Å². The van der Waals surface area contributed by atoms with Crippen LogP contribution in [0.4, 0.5) is 22.1 Å². The average molecular weight is 552 g/mol. The second-order valence-electron chi connectivity index (χ2n) is 10.7. The molecule has 0 unspecified atom stereocenters. The Hall–Kier alpha value is -4.98. The van der Waals surface area contributed by atoms with Gasteiger partial charge in [-0.1, -0.05) is 0 Å². The quantitative estimate of drug-likeness (QED) is 0.349. The van der Waals surface area contributed by atoms with Crippen molar-refractivity contribution in [2.75, 3.05) is 36.4 Å². The molecule has 41 heavy (non-hydrogen) atoms. The SMILES string of the molecule is CCn1cc(-c2ccnc(Nc3ccc(N4CCN(C(=O)OC(C)(C)C)CC4)c(C#N)c3)n2)c(-c2cccnc2)n1. The van der Waals surface area contributed by atoms with Gasteiger partial charge >= 0.3 is 6.09 Å². The number of hydrogen-bond acceptors (Lipinski definition) is 9. The zero-order chi connectivity index (χ0) is 29.0. The Labute approximate surface area is 239 Å². The molecular formula is C30H33N9O2. The van der Waals surface area contributed by atoms with E-state index in [0.29, 0.717) is 43.4 Å². The van der Waals surface area contributed by atoms with Crippen LogP contribution >= 0.6 is 0 Å². The number of benzene rings is 1. The predicted octanol–water partition coefficient (Wildman–Crippen LogP) is 5.09. The van der Waals surface area contributed by atoms with Gasteiger partial charge < -0.3 is 19.9 Å². The summed E-state index contributed by atoms with van der Waals surface area (Å²) < 4.78 is 7.37. The molecule has 210 valence electrons. The summed E-state index contributed by atoms with van der Waals surface area (Å²) in [4.78, 5) is 29.6. The number of anilines is 3. The molecule has 0 bridgehead atoms. The van der Waals surface area contributed by atoms with Crippen LogP contribution in [0.2, 0.25) is 0 Å². The highest BCUT2D eigenvalue weighted by Gasteiger charge is 2.27. The Morgan fingerprint density at radius 2 is 1.93 bits per heavy atom. The second kappa shape index (κ2) is 11.6. The first-order valence-corrected chi connectivity index (χ1v) is 13.6. The van der Waals surface area contributed by atoms with Crippen molar-refractivity contribution in [3.63, 3.8) is 0 Å². The largest absolute Gasteiger partial charge is 0.444 e. The number of amides is 1. The third-order valence-corrected chi connectivity index (χ3v) is 6.60. The third kappa shape index (κ3) is 6.44. The van der Waals surface area contributed by atoms with Gasteiger partial charge in [0.15, 0.2) is 0 Å². The number of pyridine rings is 1. The number of carbonyl (C=O) groups is 1. The summed E-state index contributed by atoms with van der Waals surface area (Å²) in [5.74, 6) is 0.409. The predicted molar refractivity (Wildman–Crippen MR) is 157 cm³/mol. The number of rotatable bonds is 6. The number of aryl methyl sites for hydroxylation is 1. The monoisotopic (exact) mass is 551 g/mol. The number of carbonyl (C=O) groups excluding carboxylic acids is 1. The summed E-state index contributed by atoms with van der Waals surface area (Å²) in [6.45, 7) is 10.6. The van der Waals surface area contributed by atoms with Crippen molar-refractivity contribution in [1.82, 2.24) is 29.6 Å². The Morgan fingerprint density at radius 1 is 1.12 bits per heavy atom. The molecule has 1 aliphatic heterocycles. The summed E-state index contributed by atoms with van der Waals surface area (Å²) in [5, 5.41) is 17.9. The minimum absolute atomic E-state index is 0.311. The van der Waals surface area contributed by atoms with Crippen LogP contribution in [0.15, 0.2) is 61.2 Å². The highest BCUT2D eigenvalue weighted by Crippen LogP contribution is 2.31. The normalized spacial score (nSPS) is 13.5. The van der Waals surface area contributed by atoms with Gasteiger partial charge in [-0.2, -0.15) is 10.4 Å². The van der Waals surface area contributed by atoms with E-state index in [4.69, 9.17) is 14.8 Å². The summed E-state index contributed by atoms with van der Waals surface area (Å²) >= 11 is 0. The van der Waals surface area contributed by atoms with E-state index in [1.807, 2.05) is 68.9 Å². The van der Waals surface area contributed by atoms with E-state index in [0.717, 1.165) is 34.7 Å². The molecule has 4 aromatic rings. The van der Waals surface area contributed by atoms with Crippen molar-refractivity contribution in [2.24, 2.45) is 0 Å². The van der Waals surface area contributed by atoms with E-state index < -0.39 is 5.60 Å². The van der Waals surface area contributed by atoms with Gasteiger partial charge in [0.25, 0.3) is 0 Å². The highest BCUT2D eigenvalue weighted by molar-refractivity contribution is 5.79. The maximum absolute atomic E-state index is 12.4. The molecule has 4 heterocycles. The summed E-state index contributed by atoms with van der Waals surface area (Å²) in [7, 11) is 0. The van der Waals surface area contributed by atoms with Crippen molar-refractivity contribution in [3.8, 4) is 28.6 Å². The number of nitrogens with one attached hydrogen (secondary N) is 1. The number of nitrogens with zero attached hydrogens (tertiary/aromatic N) is 8. The smallest absolute Gasteiger partial charge is 0.410 e. The summed E-state index contributed by atoms with van der Waals surface area (Å²) in [5.41, 5.74) is 4.82. The molecule has 0 spiro atoms. The molecule has 1 fully saturated rings. The lowest BCUT2D eigenvalue weighted by atomic mass is 10.1. The van der Waals surface area contributed by atoms with Crippen molar-refractivity contribution >= 4 is 23.4 Å². The molecule has 11 heteroatoms. The highest BCUT2D eigenvalue weighted by atomic mass is 16.6. The van der Waals surface area contributed by atoms with E-state index in [2.05, 4.69) is 26.3 Å². The minimum atomic E-state index is -0.534. The van der Waals surface area contributed by atoms with Crippen LogP contribution in [0, 0.1) is 11.3 Å². The van der Waals surface area contributed by atoms with Crippen molar-refractivity contribution < 1.29 is 9.53 Å². The average Bonchev–Trinajstić information content (AvgIpc) is 3.42. The Balaban J connectivity index is 1.32. The van der Waals surface area contributed by atoms with Gasteiger partial charge in [0.1, 0.15) is 17.4 Å². The van der Waals surface area contributed by atoms with E-state index in [1.54, 1.807) is 29.6 Å². The fourth-order valence-corrected chi connectivity index (χ4v) is 4.62. The van der Waals surface area contributed by atoms with Crippen LogP contribution in [0.3, 0.4) is 0 Å².